The van der Waals surface area contributed by atoms with E-state index in [2.05, 4.69) is 26.0 Å². The number of rotatable bonds is 7. The number of halogens is 1. The second-order valence-corrected chi connectivity index (χ2v) is 6.60. The molecule has 106 valence electrons. The lowest BCUT2D eigenvalue weighted by molar-refractivity contribution is 0.0697. The van der Waals surface area contributed by atoms with Crippen molar-refractivity contribution in [2.75, 3.05) is 24.7 Å². The molecule has 0 radical (unpaired) electrons. The molecule has 0 saturated carbocycles. The Morgan fingerprint density at radius 2 is 2.05 bits per heavy atom. The van der Waals surface area contributed by atoms with Crippen LogP contribution in [0.5, 0.6) is 0 Å². The molecule has 1 rings (SSSR count). The molecule has 0 saturated heterocycles. The van der Waals surface area contributed by atoms with Crippen LogP contribution in [0.15, 0.2) is 22.7 Å². The average molecular weight is 351 g/mol. The van der Waals surface area contributed by atoms with E-state index in [1.807, 2.05) is 0 Å². The molecule has 1 aromatic rings. The smallest absolute Gasteiger partial charge is 0.338 e. The predicted molar refractivity (Wildman–Crippen MR) is 77.1 cm³/mol. The first kappa shape index (κ1) is 15.9. The summed E-state index contributed by atoms with van der Waals surface area (Å²) in [6.07, 6.45) is 1.65. The van der Waals surface area contributed by atoms with Crippen LogP contribution in [0.1, 0.15) is 16.8 Å². The second-order valence-electron chi connectivity index (χ2n) is 3.91. The van der Waals surface area contributed by atoms with Gasteiger partial charge in [-0.25, -0.2) is 17.9 Å². The van der Waals surface area contributed by atoms with E-state index in [9.17, 15) is 13.2 Å². The predicted octanol–water partition coefficient (Wildman–Crippen LogP) is 1.50. The molecule has 3 N–H and O–H groups in total. The number of hydrogen-bond donors (Lipinski definition) is 3. The van der Waals surface area contributed by atoms with Crippen LogP contribution in [0.25, 0.3) is 0 Å². The number of hydrogen-bond acceptors (Lipinski definition) is 4. The van der Waals surface area contributed by atoms with Crippen molar-refractivity contribution < 1.29 is 18.3 Å². The average Bonchev–Trinajstić information content (AvgIpc) is 2.26. The third kappa shape index (κ3) is 5.58. The summed E-state index contributed by atoms with van der Waals surface area (Å²) in [6, 6.07) is 5.05. The zero-order valence-electron chi connectivity index (χ0n) is 10.3. The van der Waals surface area contributed by atoms with Gasteiger partial charge in [0.15, 0.2) is 0 Å². The number of carboxylic acid groups (broad SMARTS) is 1. The SMILES string of the molecule is CS(=O)(=O)NCCCNc1cccc(Br)c1C(=O)O. The zero-order chi connectivity index (χ0) is 14.5. The van der Waals surface area contributed by atoms with Crippen LogP contribution in [0.2, 0.25) is 0 Å². The Morgan fingerprint density at radius 3 is 2.63 bits per heavy atom. The Morgan fingerprint density at radius 1 is 1.37 bits per heavy atom. The molecule has 0 spiro atoms. The fourth-order valence-electron chi connectivity index (χ4n) is 1.46. The van der Waals surface area contributed by atoms with Gasteiger partial charge in [-0.1, -0.05) is 6.07 Å². The van der Waals surface area contributed by atoms with Crippen LogP contribution >= 0.6 is 15.9 Å². The van der Waals surface area contributed by atoms with Gasteiger partial charge in [0.25, 0.3) is 0 Å². The lowest BCUT2D eigenvalue weighted by Gasteiger charge is -2.10. The van der Waals surface area contributed by atoms with E-state index in [1.54, 1.807) is 18.2 Å². The Kier molecular flexibility index (Phi) is 5.77. The maximum absolute atomic E-state index is 11.1. The van der Waals surface area contributed by atoms with Crippen molar-refractivity contribution in [2.45, 2.75) is 6.42 Å². The molecule has 0 heterocycles. The Balaban J connectivity index is 2.55. The highest BCUT2D eigenvalue weighted by molar-refractivity contribution is 9.10. The van der Waals surface area contributed by atoms with Crippen LogP contribution < -0.4 is 10.0 Å². The summed E-state index contributed by atoms with van der Waals surface area (Å²) in [5, 5.41) is 12.1. The highest BCUT2D eigenvalue weighted by Gasteiger charge is 2.13. The summed E-state index contributed by atoms with van der Waals surface area (Å²) in [5.41, 5.74) is 0.666. The Hall–Kier alpha value is -1.12. The molecule has 0 aliphatic rings. The molecule has 1 aromatic carbocycles. The highest BCUT2D eigenvalue weighted by atomic mass is 79.9. The maximum Gasteiger partial charge on any atom is 0.338 e. The minimum atomic E-state index is -3.18. The highest BCUT2D eigenvalue weighted by Crippen LogP contribution is 2.24. The first-order valence-electron chi connectivity index (χ1n) is 5.51. The lowest BCUT2D eigenvalue weighted by Crippen LogP contribution is -2.24. The molecule has 0 aliphatic heterocycles. The Bertz CT molecular complexity index is 560. The molecule has 6 nitrogen and oxygen atoms in total. The summed E-state index contributed by atoms with van der Waals surface area (Å²) in [7, 11) is -3.18. The fourth-order valence-corrected chi connectivity index (χ4v) is 2.51. The minimum Gasteiger partial charge on any atom is -0.478 e. The van der Waals surface area contributed by atoms with Crippen molar-refractivity contribution >= 4 is 37.6 Å². The van der Waals surface area contributed by atoms with Gasteiger partial charge in [-0.05, 0) is 34.5 Å². The number of nitrogens with one attached hydrogen (secondary N) is 2. The lowest BCUT2D eigenvalue weighted by atomic mass is 10.2. The first-order chi connectivity index (χ1) is 8.81. The largest absolute Gasteiger partial charge is 0.478 e. The first-order valence-corrected chi connectivity index (χ1v) is 8.20. The summed E-state index contributed by atoms with van der Waals surface area (Å²) >= 11 is 3.18. The van der Waals surface area contributed by atoms with E-state index in [0.29, 0.717) is 29.7 Å². The number of aromatic carboxylic acids is 1. The molecule has 0 aliphatic carbocycles. The molecule has 8 heteroatoms. The normalized spacial score (nSPS) is 11.3. The van der Waals surface area contributed by atoms with Crippen molar-refractivity contribution in [3.05, 3.63) is 28.2 Å². The Labute approximate surface area is 120 Å². The monoisotopic (exact) mass is 350 g/mol. The number of carboxylic acids is 1. The van der Waals surface area contributed by atoms with Crippen molar-refractivity contribution in [2.24, 2.45) is 0 Å². The van der Waals surface area contributed by atoms with E-state index in [1.165, 1.54) is 0 Å². The third-order valence-electron chi connectivity index (χ3n) is 2.26. The third-order valence-corrected chi connectivity index (χ3v) is 3.65. The molecule has 0 bridgehead atoms. The second kappa shape index (κ2) is 6.88. The van der Waals surface area contributed by atoms with Gasteiger partial charge in [0.05, 0.1) is 11.8 Å². The van der Waals surface area contributed by atoms with Crippen LogP contribution in [-0.2, 0) is 10.0 Å². The fraction of sp³-hybridized carbons (Fsp3) is 0.364. The van der Waals surface area contributed by atoms with Gasteiger partial charge in [-0.15, -0.1) is 0 Å². The van der Waals surface area contributed by atoms with Crippen LogP contribution in [-0.4, -0.2) is 38.8 Å². The van der Waals surface area contributed by atoms with Crippen LogP contribution in [0.4, 0.5) is 5.69 Å². The zero-order valence-corrected chi connectivity index (χ0v) is 12.7. The maximum atomic E-state index is 11.1. The number of benzene rings is 1. The molecule has 0 fully saturated rings. The van der Waals surface area contributed by atoms with Crippen molar-refractivity contribution in [3.63, 3.8) is 0 Å². The molecule has 0 atom stereocenters. The molecule has 0 aromatic heterocycles. The van der Waals surface area contributed by atoms with Gasteiger partial charge < -0.3 is 10.4 Å². The van der Waals surface area contributed by atoms with Crippen molar-refractivity contribution in [1.82, 2.24) is 4.72 Å². The van der Waals surface area contributed by atoms with Gasteiger partial charge in [0, 0.05) is 23.2 Å². The van der Waals surface area contributed by atoms with E-state index < -0.39 is 16.0 Å². The summed E-state index contributed by atoms with van der Waals surface area (Å²) in [5.74, 6) is -1.02. The van der Waals surface area contributed by atoms with E-state index >= 15 is 0 Å². The topological polar surface area (TPSA) is 95.5 Å². The van der Waals surface area contributed by atoms with E-state index in [4.69, 9.17) is 5.11 Å². The molecule has 19 heavy (non-hydrogen) atoms. The van der Waals surface area contributed by atoms with Gasteiger partial charge in [-0.2, -0.15) is 0 Å². The van der Waals surface area contributed by atoms with Gasteiger partial charge in [0.2, 0.25) is 10.0 Å². The van der Waals surface area contributed by atoms with Gasteiger partial charge in [0.1, 0.15) is 0 Å². The van der Waals surface area contributed by atoms with Crippen LogP contribution in [0, 0.1) is 0 Å². The standard InChI is InChI=1S/C11H15BrN2O4S/c1-19(17,18)14-7-3-6-13-9-5-2-4-8(12)10(9)11(15)16/h2,4-5,13-14H,3,6-7H2,1H3,(H,15,16). The number of sulfonamides is 1. The number of carbonyl (C=O) groups is 1. The van der Waals surface area contributed by atoms with Crippen molar-refractivity contribution in [3.8, 4) is 0 Å². The number of anilines is 1. The quantitative estimate of drug-likeness (QED) is 0.647. The van der Waals surface area contributed by atoms with E-state index in [-0.39, 0.29) is 5.56 Å². The molecule has 0 amide bonds. The molecular weight excluding hydrogens is 336 g/mol. The molecular formula is C11H15BrN2O4S. The summed E-state index contributed by atoms with van der Waals surface area (Å²) in [6.45, 7) is 0.779. The van der Waals surface area contributed by atoms with E-state index in [0.717, 1.165) is 6.26 Å². The summed E-state index contributed by atoms with van der Waals surface area (Å²) < 4.78 is 24.5. The van der Waals surface area contributed by atoms with Crippen LogP contribution in [0.3, 0.4) is 0 Å². The summed E-state index contributed by atoms with van der Waals surface area (Å²) in [4.78, 5) is 11.1. The molecule has 0 unspecified atom stereocenters. The van der Waals surface area contributed by atoms with Crippen molar-refractivity contribution in [1.29, 1.82) is 0 Å². The minimum absolute atomic E-state index is 0.165. The van der Waals surface area contributed by atoms with Gasteiger partial charge in [-0.3, -0.25) is 0 Å². The van der Waals surface area contributed by atoms with Gasteiger partial charge >= 0.3 is 5.97 Å².